The molecule has 1 unspecified atom stereocenters. The van der Waals surface area contributed by atoms with Crippen LogP contribution in [0.2, 0.25) is 0 Å². The van der Waals surface area contributed by atoms with Crippen molar-refractivity contribution in [2.24, 2.45) is 11.7 Å². The molecular formula is C18H23N5O2S. The van der Waals surface area contributed by atoms with Crippen LogP contribution in [0.25, 0.3) is 0 Å². The molecule has 2 amide bonds. The maximum atomic E-state index is 12.4. The van der Waals surface area contributed by atoms with E-state index in [2.05, 4.69) is 15.5 Å². The number of carbonyl (C=O) groups is 2. The van der Waals surface area contributed by atoms with Gasteiger partial charge in [-0.1, -0.05) is 49.4 Å². The SMILES string of the molecule is CC(C)c1nnc(N2CC(C(=O)NCc3ccc(CN)cc3)CC2=O)s1. The third kappa shape index (κ3) is 4.08. The van der Waals surface area contributed by atoms with Crippen LogP contribution in [0.15, 0.2) is 24.3 Å². The van der Waals surface area contributed by atoms with E-state index in [1.807, 2.05) is 38.1 Å². The molecule has 7 nitrogen and oxygen atoms in total. The van der Waals surface area contributed by atoms with Crippen molar-refractivity contribution in [1.29, 1.82) is 0 Å². The Morgan fingerprint density at radius 2 is 2.00 bits per heavy atom. The van der Waals surface area contributed by atoms with Crippen LogP contribution in [0.5, 0.6) is 0 Å². The largest absolute Gasteiger partial charge is 0.352 e. The Bertz CT molecular complexity index is 787. The standard InChI is InChI=1S/C18H23N5O2S/c1-11(2)17-21-22-18(26-17)23-10-14(7-15(23)24)16(25)20-9-13-5-3-12(8-19)4-6-13/h3-6,11,14H,7-10,19H2,1-2H3,(H,20,25). The zero-order valence-electron chi connectivity index (χ0n) is 14.9. The van der Waals surface area contributed by atoms with Gasteiger partial charge in [-0.15, -0.1) is 10.2 Å². The summed E-state index contributed by atoms with van der Waals surface area (Å²) < 4.78 is 0. The minimum absolute atomic E-state index is 0.0797. The van der Waals surface area contributed by atoms with Gasteiger partial charge in [-0.05, 0) is 11.1 Å². The molecule has 26 heavy (non-hydrogen) atoms. The maximum Gasteiger partial charge on any atom is 0.229 e. The summed E-state index contributed by atoms with van der Waals surface area (Å²) in [5, 5.41) is 12.6. The number of amides is 2. The Hall–Kier alpha value is -2.32. The molecule has 0 radical (unpaired) electrons. The molecule has 1 aliphatic rings. The molecule has 8 heteroatoms. The predicted molar refractivity (Wildman–Crippen MR) is 101 cm³/mol. The fourth-order valence-electron chi connectivity index (χ4n) is 2.76. The number of aromatic nitrogens is 2. The summed E-state index contributed by atoms with van der Waals surface area (Å²) >= 11 is 1.41. The quantitative estimate of drug-likeness (QED) is 0.804. The van der Waals surface area contributed by atoms with Crippen molar-refractivity contribution in [3.05, 3.63) is 40.4 Å². The molecule has 3 N–H and O–H groups in total. The summed E-state index contributed by atoms with van der Waals surface area (Å²) in [6, 6.07) is 7.79. The van der Waals surface area contributed by atoms with E-state index in [1.165, 1.54) is 11.3 Å². The topological polar surface area (TPSA) is 101 Å². The van der Waals surface area contributed by atoms with Crippen molar-refractivity contribution in [3.8, 4) is 0 Å². The first kappa shape index (κ1) is 18.5. The second-order valence-electron chi connectivity index (χ2n) is 6.72. The highest BCUT2D eigenvalue weighted by atomic mass is 32.1. The highest BCUT2D eigenvalue weighted by Crippen LogP contribution is 2.30. The second kappa shape index (κ2) is 7.92. The number of hydrogen-bond donors (Lipinski definition) is 2. The van der Waals surface area contributed by atoms with E-state index >= 15 is 0 Å². The summed E-state index contributed by atoms with van der Waals surface area (Å²) in [5.41, 5.74) is 7.63. The minimum Gasteiger partial charge on any atom is -0.352 e. The zero-order valence-corrected chi connectivity index (χ0v) is 15.8. The van der Waals surface area contributed by atoms with Crippen LogP contribution in [0, 0.1) is 5.92 Å². The van der Waals surface area contributed by atoms with Gasteiger partial charge >= 0.3 is 0 Å². The summed E-state index contributed by atoms with van der Waals surface area (Å²) in [7, 11) is 0. The lowest BCUT2D eigenvalue weighted by Gasteiger charge is -2.13. The molecule has 2 aromatic rings. The predicted octanol–water partition coefficient (Wildman–Crippen LogP) is 1.79. The van der Waals surface area contributed by atoms with E-state index in [9.17, 15) is 9.59 Å². The van der Waals surface area contributed by atoms with E-state index in [0.717, 1.165) is 16.1 Å². The summed E-state index contributed by atoms with van der Waals surface area (Å²) in [5.74, 6) is -0.290. The third-order valence-corrected chi connectivity index (χ3v) is 5.62. The molecule has 1 aromatic carbocycles. The van der Waals surface area contributed by atoms with Gasteiger partial charge in [0.2, 0.25) is 16.9 Å². The Morgan fingerprint density at radius 1 is 1.31 bits per heavy atom. The van der Waals surface area contributed by atoms with Gasteiger partial charge in [-0.2, -0.15) is 0 Å². The van der Waals surface area contributed by atoms with Crippen LogP contribution in [0.1, 0.15) is 42.3 Å². The first-order valence-electron chi connectivity index (χ1n) is 8.67. The van der Waals surface area contributed by atoms with Gasteiger partial charge in [0.15, 0.2) is 0 Å². The molecule has 1 aliphatic heterocycles. The van der Waals surface area contributed by atoms with Crippen LogP contribution < -0.4 is 16.0 Å². The Labute approximate surface area is 156 Å². The van der Waals surface area contributed by atoms with Crippen LogP contribution in [0.4, 0.5) is 5.13 Å². The molecule has 138 valence electrons. The Morgan fingerprint density at radius 3 is 2.62 bits per heavy atom. The van der Waals surface area contributed by atoms with Gasteiger partial charge < -0.3 is 11.1 Å². The lowest BCUT2D eigenvalue weighted by molar-refractivity contribution is -0.126. The van der Waals surface area contributed by atoms with Crippen LogP contribution in [-0.2, 0) is 22.7 Å². The van der Waals surface area contributed by atoms with Gasteiger partial charge in [-0.3, -0.25) is 14.5 Å². The molecule has 0 spiro atoms. The monoisotopic (exact) mass is 373 g/mol. The summed E-state index contributed by atoms with van der Waals surface area (Å²) in [6.07, 6.45) is 0.203. The molecule has 0 saturated carbocycles. The van der Waals surface area contributed by atoms with Crippen LogP contribution in [-0.4, -0.2) is 28.6 Å². The minimum atomic E-state index is -0.364. The van der Waals surface area contributed by atoms with E-state index < -0.39 is 0 Å². The zero-order chi connectivity index (χ0) is 18.7. The van der Waals surface area contributed by atoms with Gasteiger partial charge in [-0.25, -0.2) is 0 Å². The molecule has 3 rings (SSSR count). The van der Waals surface area contributed by atoms with Crippen molar-refractivity contribution in [3.63, 3.8) is 0 Å². The van der Waals surface area contributed by atoms with Crippen molar-refractivity contribution in [2.45, 2.75) is 39.3 Å². The van der Waals surface area contributed by atoms with Crippen LogP contribution in [0.3, 0.4) is 0 Å². The Balaban J connectivity index is 1.57. The fraction of sp³-hybridized carbons (Fsp3) is 0.444. The average Bonchev–Trinajstić information content (AvgIpc) is 3.27. The van der Waals surface area contributed by atoms with Gasteiger partial charge in [0.25, 0.3) is 0 Å². The molecule has 0 aliphatic carbocycles. The molecule has 1 aromatic heterocycles. The fourth-order valence-corrected chi connectivity index (χ4v) is 3.64. The van der Waals surface area contributed by atoms with Crippen molar-refractivity contribution >= 4 is 28.3 Å². The molecule has 1 fully saturated rings. The molecule has 1 atom stereocenters. The van der Waals surface area contributed by atoms with Crippen molar-refractivity contribution < 1.29 is 9.59 Å². The number of benzene rings is 1. The van der Waals surface area contributed by atoms with E-state index in [0.29, 0.717) is 24.8 Å². The van der Waals surface area contributed by atoms with E-state index in [4.69, 9.17) is 5.73 Å². The highest BCUT2D eigenvalue weighted by molar-refractivity contribution is 7.15. The first-order chi connectivity index (χ1) is 12.5. The number of carbonyl (C=O) groups excluding carboxylic acids is 2. The second-order valence-corrected chi connectivity index (χ2v) is 7.71. The lowest BCUT2D eigenvalue weighted by atomic mass is 10.1. The number of rotatable bonds is 6. The Kier molecular flexibility index (Phi) is 5.63. The summed E-state index contributed by atoms with van der Waals surface area (Å²) in [4.78, 5) is 26.3. The molecular weight excluding hydrogens is 350 g/mol. The number of anilines is 1. The smallest absolute Gasteiger partial charge is 0.229 e. The first-order valence-corrected chi connectivity index (χ1v) is 9.49. The van der Waals surface area contributed by atoms with Crippen molar-refractivity contribution in [1.82, 2.24) is 15.5 Å². The average molecular weight is 373 g/mol. The number of nitrogens with two attached hydrogens (primary N) is 1. The maximum absolute atomic E-state index is 12.4. The van der Waals surface area contributed by atoms with E-state index in [1.54, 1.807) is 4.90 Å². The molecule has 2 heterocycles. The van der Waals surface area contributed by atoms with Gasteiger partial charge in [0.1, 0.15) is 5.01 Å². The summed E-state index contributed by atoms with van der Waals surface area (Å²) in [6.45, 7) is 5.35. The van der Waals surface area contributed by atoms with Crippen molar-refractivity contribution in [2.75, 3.05) is 11.4 Å². The lowest BCUT2D eigenvalue weighted by Crippen LogP contribution is -2.32. The van der Waals surface area contributed by atoms with E-state index in [-0.39, 0.29) is 30.1 Å². The number of nitrogens with one attached hydrogen (secondary N) is 1. The molecule has 0 bridgehead atoms. The van der Waals surface area contributed by atoms with Crippen LogP contribution >= 0.6 is 11.3 Å². The molecule has 1 saturated heterocycles. The highest BCUT2D eigenvalue weighted by Gasteiger charge is 2.36. The van der Waals surface area contributed by atoms with Gasteiger partial charge in [0.05, 0.1) is 5.92 Å². The number of hydrogen-bond acceptors (Lipinski definition) is 6. The van der Waals surface area contributed by atoms with Gasteiger partial charge in [0, 0.05) is 32.0 Å². The third-order valence-electron chi connectivity index (χ3n) is 4.38. The number of nitrogens with zero attached hydrogens (tertiary/aromatic N) is 3. The normalized spacial score (nSPS) is 17.2.